The molecule has 1 rings (SSSR count). The molecule has 6 nitrogen and oxygen atoms in total. The van der Waals surface area contributed by atoms with Gasteiger partial charge in [-0.05, 0) is 25.6 Å². The molecule has 6 heteroatoms. The average molecular weight is 254 g/mol. The van der Waals surface area contributed by atoms with Gasteiger partial charge in [-0.1, -0.05) is 6.07 Å². The highest BCUT2D eigenvalue weighted by Crippen LogP contribution is 2.27. The molecule has 0 aliphatic heterocycles. The zero-order chi connectivity index (χ0) is 13.4. The molecule has 0 heterocycles. The van der Waals surface area contributed by atoms with Crippen LogP contribution in [-0.4, -0.2) is 31.8 Å². The van der Waals surface area contributed by atoms with Crippen LogP contribution in [0.1, 0.15) is 12.5 Å². The van der Waals surface area contributed by atoms with Crippen molar-refractivity contribution in [2.45, 2.75) is 13.5 Å². The fourth-order valence-electron chi connectivity index (χ4n) is 1.49. The average Bonchev–Trinajstić information content (AvgIpc) is 2.35. The topological polar surface area (TPSA) is 73.6 Å². The molecule has 0 aliphatic rings. The maximum Gasteiger partial charge on any atom is 0.310 e. The second kappa shape index (κ2) is 7.62. The minimum absolute atomic E-state index is 0.0219. The molecule has 0 bridgehead atoms. The van der Waals surface area contributed by atoms with Gasteiger partial charge in [-0.25, -0.2) is 0 Å². The fourth-order valence-corrected chi connectivity index (χ4v) is 1.49. The Morgan fingerprint density at radius 2 is 2.17 bits per heavy atom. The summed E-state index contributed by atoms with van der Waals surface area (Å²) in [5, 5.41) is 13.8. The third-order valence-corrected chi connectivity index (χ3v) is 2.29. The lowest BCUT2D eigenvalue weighted by atomic mass is 10.2. The zero-order valence-electron chi connectivity index (χ0n) is 10.6. The lowest BCUT2D eigenvalue weighted by Gasteiger charge is -2.08. The van der Waals surface area contributed by atoms with Gasteiger partial charge < -0.3 is 14.8 Å². The van der Waals surface area contributed by atoms with Gasteiger partial charge in [-0.3, -0.25) is 10.1 Å². The van der Waals surface area contributed by atoms with E-state index in [1.54, 1.807) is 12.1 Å². The maximum absolute atomic E-state index is 10.9. The van der Waals surface area contributed by atoms with Crippen LogP contribution in [0.5, 0.6) is 5.75 Å². The highest BCUT2D eigenvalue weighted by atomic mass is 16.6. The summed E-state index contributed by atoms with van der Waals surface area (Å²) in [7, 11) is 1.82. The van der Waals surface area contributed by atoms with Crippen LogP contribution in [0.25, 0.3) is 0 Å². The Bertz CT molecular complexity index is 396. The molecular weight excluding hydrogens is 236 g/mol. The molecule has 0 saturated heterocycles. The van der Waals surface area contributed by atoms with Crippen molar-refractivity contribution in [2.75, 3.05) is 26.9 Å². The number of nitro benzene ring substituents is 1. The molecule has 0 amide bonds. The maximum atomic E-state index is 10.9. The SMILES string of the molecule is CCOCCOc1cc(CNC)ccc1[N+](=O)[O-]. The highest BCUT2D eigenvalue weighted by molar-refractivity contribution is 5.48. The number of rotatable bonds is 8. The van der Waals surface area contributed by atoms with Crippen molar-refractivity contribution in [3.05, 3.63) is 33.9 Å². The Balaban J connectivity index is 2.76. The molecule has 0 aromatic heterocycles. The van der Waals surface area contributed by atoms with Crippen molar-refractivity contribution in [3.63, 3.8) is 0 Å². The van der Waals surface area contributed by atoms with Crippen LogP contribution in [0.4, 0.5) is 5.69 Å². The summed E-state index contributed by atoms with van der Waals surface area (Å²) in [5.41, 5.74) is 0.917. The summed E-state index contributed by atoms with van der Waals surface area (Å²) in [4.78, 5) is 10.4. The standard InChI is InChI=1S/C12H18N2O4/c1-3-17-6-7-18-12-8-10(9-13-2)4-5-11(12)14(15)16/h4-5,8,13H,3,6-7,9H2,1-2H3. The van der Waals surface area contributed by atoms with Crippen LogP contribution in [0.2, 0.25) is 0 Å². The van der Waals surface area contributed by atoms with Crippen LogP contribution >= 0.6 is 0 Å². The van der Waals surface area contributed by atoms with E-state index in [1.807, 2.05) is 14.0 Å². The van der Waals surface area contributed by atoms with Crippen molar-refractivity contribution in [1.29, 1.82) is 0 Å². The molecule has 0 radical (unpaired) electrons. The van der Waals surface area contributed by atoms with Gasteiger partial charge in [0.25, 0.3) is 0 Å². The lowest BCUT2D eigenvalue weighted by Crippen LogP contribution is -2.09. The normalized spacial score (nSPS) is 10.3. The monoisotopic (exact) mass is 254 g/mol. The smallest absolute Gasteiger partial charge is 0.310 e. The third-order valence-electron chi connectivity index (χ3n) is 2.29. The quantitative estimate of drug-likeness (QED) is 0.434. The van der Waals surface area contributed by atoms with E-state index >= 15 is 0 Å². The van der Waals surface area contributed by atoms with E-state index in [0.29, 0.717) is 26.4 Å². The van der Waals surface area contributed by atoms with Gasteiger partial charge in [0.05, 0.1) is 11.5 Å². The first-order valence-corrected chi connectivity index (χ1v) is 5.81. The molecule has 0 atom stereocenters. The molecule has 100 valence electrons. The molecule has 1 aromatic rings. The Hall–Kier alpha value is -1.66. The fraction of sp³-hybridized carbons (Fsp3) is 0.500. The highest BCUT2D eigenvalue weighted by Gasteiger charge is 2.15. The molecular formula is C12H18N2O4. The van der Waals surface area contributed by atoms with Crippen LogP contribution < -0.4 is 10.1 Å². The van der Waals surface area contributed by atoms with Gasteiger partial charge >= 0.3 is 5.69 Å². The van der Waals surface area contributed by atoms with Gasteiger partial charge in [0, 0.05) is 19.2 Å². The Labute approximate surface area is 106 Å². The summed E-state index contributed by atoms with van der Waals surface area (Å²) in [6, 6.07) is 4.85. The minimum atomic E-state index is -0.445. The Morgan fingerprint density at radius 3 is 2.78 bits per heavy atom. The zero-order valence-corrected chi connectivity index (χ0v) is 10.6. The second-order valence-corrected chi connectivity index (χ2v) is 3.63. The molecule has 1 aromatic carbocycles. The van der Waals surface area contributed by atoms with E-state index in [9.17, 15) is 10.1 Å². The van der Waals surface area contributed by atoms with Gasteiger partial charge in [-0.15, -0.1) is 0 Å². The van der Waals surface area contributed by atoms with E-state index in [4.69, 9.17) is 9.47 Å². The number of benzene rings is 1. The van der Waals surface area contributed by atoms with Gasteiger partial charge in [0.2, 0.25) is 0 Å². The second-order valence-electron chi connectivity index (χ2n) is 3.63. The van der Waals surface area contributed by atoms with Crippen molar-refractivity contribution in [3.8, 4) is 5.75 Å². The number of hydrogen-bond donors (Lipinski definition) is 1. The predicted octanol–water partition coefficient (Wildman–Crippen LogP) is 1.73. The predicted molar refractivity (Wildman–Crippen MR) is 67.8 cm³/mol. The summed E-state index contributed by atoms with van der Waals surface area (Å²) < 4.78 is 10.5. The summed E-state index contributed by atoms with van der Waals surface area (Å²) in [6.45, 7) is 3.85. The van der Waals surface area contributed by atoms with Crippen LogP contribution in [0.15, 0.2) is 18.2 Å². The van der Waals surface area contributed by atoms with Crippen molar-refractivity contribution >= 4 is 5.69 Å². The van der Waals surface area contributed by atoms with E-state index < -0.39 is 4.92 Å². The van der Waals surface area contributed by atoms with Gasteiger partial charge in [-0.2, -0.15) is 0 Å². The van der Waals surface area contributed by atoms with Crippen molar-refractivity contribution in [2.24, 2.45) is 0 Å². The van der Waals surface area contributed by atoms with Crippen molar-refractivity contribution in [1.82, 2.24) is 5.32 Å². The first kappa shape index (κ1) is 14.4. The molecule has 0 spiro atoms. The van der Waals surface area contributed by atoms with Gasteiger partial charge in [0.1, 0.15) is 6.61 Å². The summed E-state index contributed by atoms with van der Waals surface area (Å²) in [6.07, 6.45) is 0. The first-order chi connectivity index (χ1) is 8.69. The molecule has 0 unspecified atom stereocenters. The summed E-state index contributed by atoms with van der Waals surface area (Å²) >= 11 is 0. The van der Waals surface area contributed by atoms with Crippen LogP contribution in [-0.2, 0) is 11.3 Å². The van der Waals surface area contributed by atoms with Crippen LogP contribution in [0, 0.1) is 10.1 Å². The largest absolute Gasteiger partial charge is 0.484 e. The molecule has 18 heavy (non-hydrogen) atoms. The number of ether oxygens (including phenoxy) is 2. The van der Waals surface area contributed by atoms with Crippen molar-refractivity contribution < 1.29 is 14.4 Å². The molecule has 0 saturated carbocycles. The lowest BCUT2D eigenvalue weighted by molar-refractivity contribution is -0.385. The van der Waals surface area contributed by atoms with Crippen LogP contribution in [0.3, 0.4) is 0 Å². The Morgan fingerprint density at radius 1 is 1.39 bits per heavy atom. The van der Waals surface area contributed by atoms with E-state index in [2.05, 4.69) is 5.32 Å². The van der Waals surface area contributed by atoms with Gasteiger partial charge in [0.15, 0.2) is 5.75 Å². The van der Waals surface area contributed by atoms with E-state index in [0.717, 1.165) is 5.56 Å². The first-order valence-electron chi connectivity index (χ1n) is 5.81. The molecule has 1 N–H and O–H groups in total. The van der Waals surface area contributed by atoms with E-state index in [1.165, 1.54) is 6.07 Å². The minimum Gasteiger partial charge on any atom is -0.484 e. The molecule has 0 aliphatic carbocycles. The number of nitrogens with zero attached hydrogens (tertiary/aromatic N) is 1. The Kier molecular flexibility index (Phi) is 6.10. The molecule has 0 fully saturated rings. The number of nitrogens with one attached hydrogen (secondary N) is 1. The third kappa shape index (κ3) is 4.31. The summed E-state index contributed by atoms with van der Waals surface area (Å²) in [5.74, 6) is 0.285. The number of nitro groups is 1. The number of hydrogen-bond acceptors (Lipinski definition) is 5. The van der Waals surface area contributed by atoms with E-state index in [-0.39, 0.29) is 11.4 Å².